The number of morpholine rings is 1. The number of nitrogens with one attached hydrogen (secondary N) is 1. The first-order chi connectivity index (χ1) is 12.8. The van der Waals surface area contributed by atoms with E-state index in [0.717, 1.165) is 37.0 Å². The van der Waals surface area contributed by atoms with Crippen LogP contribution in [0.2, 0.25) is 0 Å². The van der Waals surface area contributed by atoms with Crippen LogP contribution >= 0.6 is 0 Å². The topological polar surface area (TPSA) is 67.6 Å². The Bertz CT molecular complexity index is 865. The first-order valence-electron chi connectivity index (χ1n) is 9.10. The van der Waals surface area contributed by atoms with Gasteiger partial charge in [0, 0.05) is 13.1 Å². The number of ether oxygens (including phenoxy) is 1. The van der Waals surface area contributed by atoms with Crippen LogP contribution in [0.15, 0.2) is 42.5 Å². The summed E-state index contributed by atoms with van der Waals surface area (Å²) in [7, 11) is 0. The van der Waals surface area contributed by atoms with Gasteiger partial charge in [-0.15, -0.1) is 15.3 Å². The molecule has 7 heteroatoms. The molecule has 136 valence electrons. The van der Waals surface area contributed by atoms with Gasteiger partial charge in [-0.05, 0) is 31.2 Å². The monoisotopic (exact) mass is 352 g/mol. The van der Waals surface area contributed by atoms with Gasteiger partial charge >= 0.3 is 0 Å². The number of rotatable bonds is 5. The molecule has 1 aromatic carbocycles. The normalized spacial score (nSPS) is 21.2. The number of hydrogen-bond donors (Lipinski definition) is 1. The molecule has 0 aliphatic carbocycles. The van der Waals surface area contributed by atoms with Crippen molar-refractivity contribution < 1.29 is 4.74 Å². The van der Waals surface area contributed by atoms with Gasteiger partial charge in [0.15, 0.2) is 11.5 Å². The van der Waals surface area contributed by atoms with Crippen molar-refractivity contribution in [2.75, 3.05) is 31.6 Å². The molecular weight excluding hydrogens is 328 g/mol. The van der Waals surface area contributed by atoms with Gasteiger partial charge in [0.05, 0.1) is 18.8 Å². The number of fused-ring (bicyclic) bond motifs is 1. The highest BCUT2D eigenvalue weighted by atomic mass is 16.5. The van der Waals surface area contributed by atoms with Crippen LogP contribution < -0.4 is 5.32 Å². The second-order valence-electron chi connectivity index (χ2n) is 6.51. The van der Waals surface area contributed by atoms with Crippen LogP contribution in [0.4, 0.5) is 5.82 Å². The summed E-state index contributed by atoms with van der Waals surface area (Å²) in [6.07, 6.45) is 0.0607. The average Bonchev–Trinajstić information content (AvgIpc) is 3.07. The first-order valence-corrected chi connectivity index (χ1v) is 9.10. The highest BCUT2D eigenvalue weighted by Gasteiger charge is 2.32. The minimum absolute atomic E-state index is 0.0607. The Morgan fingerprint density at radius 1 is 1.15 bits per heavy atom. The molecule has 0 bridgehead atoms. The van der Waals surface area contributed by atoms with Crippen LogP contribution in [0.3, 0.4) is 0 Å². The summed E-state index contributed by atoms with van der Waals surface area (Å²) in [4.78, 5) is 2.48. The smallest absolute Gasteiger partial charge is 0.178 e. The van der Waals surface area contributed by atoms with Crippen molar-refractivity contribution in [1.29, 1.82) is 0 Å². The fourth-order valence-corrected chi connectivity index (χ4v) is 3.58. The van der Waals surface area contributed by atoms with Crippen LogP contribution in [0.1, 0.15) is 24.4 Å². The predicted molar refractivity (Wildman–Crippen MR) is 100 cm³/mol. The van der Waals surface area contributed by atoms with Crippen LogP contribution in [0.25, 0.3) is 5.65 Å². The molecule has 7 nitrogen and oxygen atoms in total. The molecule has 4 rings (SSSR count). The summed E-state index contributed by atoms with van der Waals surface area (Å²) in [6, 6.07) is 14.7. The van der Waals surface area contributed by atoms with Crippen LogP contribution in [-0.2, 0) is 4.74 Å². The highest BCUT2D eigenvalue weighted by molar-refractivity contribution is 5.44. The predicted octanol–water partition coefficient (Wildman–Crippen LogP) is 2.31. The lowest BCUT2D eigenvalue weighted by Crippen LogP contribution is -2.47. The van der Waals surface area contributed by atoms with E-state index in [1.54, 1.807) is 4.52 Å². The molecule has 0 unspecified atom stereocenters. The largest absolute Gasteiger partial charge is 0.373 e. The van der Waals surface area contributed by atoms with E-state index in [4.69, 9.17) is 4.74 Å². The summed E-state index contributed by atoms with van der Waals surface area (Å²) in [5, 5.41) is 16.1. The zero-order valence-electron chi connectivity index (χ0n) is 15.2. The van der Waals surface area contributed by atoms with E-state index in [2.05, 4.69) is 62.8 Å². The van der Waals surface area contributed by atoms with Gasteiger partial charge < -0.3 is 10.1 Å². The van der Waals surface area contributed by atoms with E-state index >= 15 is 0 Å². The van der Waals surface area contributed by atoms with Gasteiger partial charge in [-0.1, -0.05) is 37.3 Å². The van der Waals surface area contributed by atoms with E-state index in [9.17, 15) is 0 Å². The molecule has 1 N–H and O–H groups in total. The molecule has 3 aromatic rings. The lowest BCUT2D eigenvalue weighted by atomic mass is 9.98. The maximum Gasteiger partial charge on any atom is 0.178 e. The summed E-state index contributed by atoms with van der Waals surface area (Å²) < 4.78 is 7.88. The Morgan fingerprint density at radius 3 is 2.81 bits per heavy atom. The van der Waals surface area contributed by atoms with Gasteiger partial charge in [-0.3, -0.25) is 4.90 Å². The number of aromatic nitrogens is 4. The number of likely N-dealkylation sites (N-methyl/N-ethyl adjacent to an activating group) is 1. The second kappa shape index (κ2) is 7.39. The minimum atomic E-state index is 0.0607. The Kier molecular flexibility index (Phi) is 4.81. The molecule has 1 aliphatic rings. The lowest BCUT2D eigenvalue weighted by molar-refractivity contribution is -0.0639. The molecule has 0 spiro atoms. The van der Waals surface area contributed by atoms with Crippen molar-refractivity contribution in [3.63, 3.8) is 0 Å². The van der Waals surface area contributed by atoms with Crippen LogP contribution in [-0.4, -0.2) is 57.1 Å². The molecule has 1 saturated heterocycles. The first kappa shape index (κ1) is 16.9. The summed E-state index contributed by atoms with van der Waals surface area (Å²) in [6.45, 7) is 7.50. The summed E-state index contributed by atoms with van der Waals surface area (Å²) in [5.74, 6) is 1.57. The Balaban J connectivity index is 1.53. The number of hydrogen-bond acceptors (Lipinski definition) is 6. The van der Waals surface area contributed by atoms with Gasteiger partial charge in [0.2, 0.25) is 0 Å². The van der Waals surface area contributed by atoms with E-state index in [-0.39, 0.29) is 12.1 Å². The van der Waals surface area contributed by atoms with E-state index in [1.165, 1.54) is 5.56 Å². The van der Waals surface area contributed by atoms with Crippen molar-refractivity contribution in [2.45, 2.75) is 26.0 Å². The number of aryl methyl sites for hydroxylation is 1. The Hall–Kier alpha value is -2.51. The maximum absolute atomic E-state index is 6.13. The van der Waals surface area contributed by atoms with E-state index < -0.39 is 0 Å². The third kappa shape index (κ3) is 3.27. The number of anilines is 1. The Labute approximate surface area is 153 Å². The molecule has 2 aromatic heterocycles. The SMILES string of the molecule is CCN1CCO[C@@H](CNc2ccc3nnc(C)n3n2)[C@@H]1c1ccccc1. The standard InChI is InChI=1S/C19H24N6O/c1-3-24-11-12-26-16(19(24)15-7-5-4-6-8-15)13-20-17-9-10-18-22-21-14(2)25(18)23-17/h4-10,16,19H,3,11-13H2,1-2H3,(H,20,23)/t16-,19-/m0/s1. The maximum atomic E-state index is 6.13. The number of benzene rings is 1. The molecule has 26 heavy (non-hydrogen) atoms. The van der Waals surface area contributed by atoms with Crippen molar-refractivity contribution in [3.8, 4) is 0 Å². The van der Waals surface area contributed by atoms with E-state index in [1.807, 2.05) is 19.1 Å². The fraction of sp³-hybridized carbons (Fsp3) is 0.421. The lowest BCUT2D eigenvalue weighted by Gasteiger charge is -2.41. The van der Waals surface area contributed by atoms with Crippen LogP contribution in [0.5, 0.6) is 0 Å². The second-order valence-corrected chi connectivity index (χ2v) is 6.51. The third-order valence-corrected chi connectivity index (χ3v) is 4.91. The molecule has 1 fully saturated rings. The minimum Gasteiger partial charge on any atom is -0.373 e. The number of nitrogens with zero attached hydrogens (tertiary/aromatic N) is 5. The molecular formula is C19H24N6O. The van der Waals surface area contributed by atoms with Crippen molar-refractivity contribution in [2.24, 2.45) is 0 Å². The highest BCUT2D eigenvalue weighted by Crippen LogP contribution is 2.29. The van der Waals surface area contributed by atoms with E-state index in [0.29, 0.717) is 6.54 Å². The molecule has 0 saturated carbocycles. The zero-order valence-corrected chi connectivity index (χ0v) is 15.2. The summed E-state index contributed by atoms with van der Waals surface area (Å²) in [5.41, 5.74) is 2.04. The molecule has 0 radical (unpaired) electrons. The Morgan fingerprint density at radius 2 is 2.00 bits per heavy atom. The van der Waals surface area contributed by atoms with Crippen molar-refractivity contribution >= 4 is 11.5 Å². The van der Waals surface area contributed by atoms with Crippen molar-refractivity contribution in [1.82, 2.24) is 24.7 Å². The van der Waals surface area contributed by atoms with Crippen molar-refractivity contribution in [3.05, 3.63) is 53.9 Å². The van der Waals surface area contributed by atoms with Gasteiger partial charge in [0.25, 0.3) is 0 Å². The van der Waals surface area contributed by atoms with Crippen LogP contribution in [0, 0.1) is 6.92 Å². The zero-order chi connectivity index (χ0) is 17.9. The third-order valence-electron chi connectivity index (χ3n) is 4.91. The van der Waals surface area contributed by atoms with Gasteiger partial charge in [-0.2, -0.15) is 4.52 Å². The van der Waals surface area contributed by atoms with Gasteiger partial charge in [0.1, 0.15) is 5.82 Å². The van der Waals surface area contributed by atoms with Gasteiger partial charge in [-0.25, -0.2) is 0 Å². The molecule has 0 amide bonds. The molecule has 2 atom stereocenters. The summed E-state index contributed by atoms with van der Waals surface area (Å²) >= 11 is 0. The quantitative estimate of drug-likeness (QED) is 0.760. The molecule has 3 heterocycles. The average molecular weight is 352 g/mol. The fourth-order valence-electron chi connectivity index (χ4n) is 3.58. The molecule has 1 aliphatic heterocycles.